The molecule has 0 bridgehead atoms. The van der Waals surface area contributed by atoms with E-state index in [0.29, 0.717) is 11.6 Å². The lowest BCUT2D eigenvalue weighted by Gasteiger charge is -2.14. The Balaban J connectivity index is 1.71. The van der Waals surface area contributed by atoms with Crippen molar-refractivity contribution in [2.45, 2.75) is 12.6 Å². The number of hydrogen-bond donors (Lipinski definition) is 2. The van der Waals surface area contributed by atoms with Gasteiger partial charge in [0.25, 0.3) is 0 Å². The number of pyridine rings is 1. The molecule has 1 aromatic heterocycles. The molecule has 3 nitrogen and oxygen atoms in total. The Morgan fingerprint density at radius 2 is 2.00 bits per heavy atom. The molecule has 0 saturated carbocycles. The van der Waals surface area contributed by atoms with E-state index in [-0.39, 0.29) is 12.1 Å². The highest BCUT2D eigenvalue weighted by Crippen LogP contribution is 2.22. The normalized spacial score (nSPS) is 12.5. The molecule has 0 amide bonds. The molecule has 0 radical (unpaired) electrons. The average molecular weight is 331 g/mol. The van der Waals surface area contributed by atoms with Gasteiger partial charge in [0.05, 0.1) is 11.6 Å². The first-order chi connectivity index (χ1) is 11.1. The maximum absolute atomic E-state index is 13.6. The van der Waals surface area contributed by atoms with E-state index in [9.17, 15) is 9.50 Å². The Labute approximate surface area is 138 Å². The van der Waals surface area contributed by atoms with E-state index in [1.54, 1.807) is 24.4 Å². The molecule has 1 heterocycles. The first kappa shape index (κ1) is 15.9. The lowest BCUT2D eigenvalue weighted by molar-refractivity contribution is 0.170. The van der Waals surface area contributed by atoms with Crippen LogP contribution in [-0.4, -0.2) is 16.6 Å². The molecule has 3 rings (SSSR count). The van der Waals surface area contributed by atoms with Crippen molar-refractivity contribution in [2.24, 2.45) is 0 Å². The first-order valence-corrected chi connectivity index (χ1v) is 7.69. The van der Waals surface area contributed by atoms with Gasteiger partial charge in [0.15, 0.2) is 0 Å². The van der Waals surface area contributed by atoms with Crippen molar-refractivity contribution in [3.05, 3.63) is 76.7 Å². The van der Waals surface area contributed by atoms with Gasteiger partial charge < -0.3 is 10.4 Å². The third-order valence-electron chi connectivity index (χ3n) is 3.67. The maximum atomic E-state index is 13.6. The Kier molecular flexibility index (Phi) is 4.86. The molecule has 2 N–H and O–H groups in total. The molecule has 0 saturated heterocycles. The zero-order valence-corrected chi connectivity index (χ0v) is 13.1. The van der Waals surface area contributed by atoms with Gasteiger partial charge in [-0.2, -0.15) is 0 Å². The predicted octanol–water partition coefficient (Wildman–Crippen LogP) is 3.85. The summed E-state index contributed by atoms with van der Waals surface area (Å²) in [6.07, 6.45) is 0.822. The summed E-state index contributed by atoms with van der Waals surface area (Å²) in [5.74, 6) is -0.406. The Hall–Kier alpha value is -2.01. The van der Waals surface area contributed by atoms with Gasteiger partial charge in [-0.25, -0.2) is 4.39 Å². The third kappa shape index (κ3) is 3.67. The van der Waals surface area contributed by atoms with Crippen LogP contribution in [0, 0.1) is 5.82 Å². The number of benzene rings is 2. The van der Waals surface area contributed by atoms with Gasteiger partial charge in [0.1, 0.15) is 5.82 Å². The fourth-order valence-corrected chi connectivity index (χ4v) is 2.81. The molecule has 0 aliphatic heterocycles. The molecule has 0 aliphatic rings. The van der Waals surface area contributed by atoms with Crippen LogP contribution >= 0.6 is 11.6 Å². The minimum atomic E-state index is -0.908. The fraction of sp³-hybridized carbons (Fsp3) is 0.167. The van der Waals surface area contributed by atoms with Crippen LogP contribution in [-0.2, 0) is 6.54 Å². The molecule has 3 aromatic rings. The maximum Gasteiger partial charge on any atom is 0.129 e. The Morgan fingerprint density at radius 1 is 1.17 bits per heavy atom. The topological polar surface area (TPSA) is 45.1 Å². The van der Waals surface area contributed by atoms with Gasteiger partial charge in [0, 0.05) is 35.3 Å². The molecular formula is C18H16ClFN2O. The van der Waals surface area contributed by atoms with Crippen molar-refractivity contribution in [3.63, 3.8) is 0 Å². The van der Waals surface area contributed by atoms with E-state index >= 15 is 0 Å². The number of aliphatic hydroxyl groups is 1. The number of nitrogens with zero attached hydrogens (tertiary/aromatic N) is 1. The predicted molar refractivity (Wildman–Crippen MR) is 89.8 cm³/mol. The number of hydrogen-bond acceptors (Lipinski definition) is 3. The average Bonchev–Trinajstić information content (AvgIpc) is 2.55. The number of fused-ring (bicyclic) bond motifs is 1. The number of halogens is 2. The standard InChI is InChI=1S/C18H16ClFN2O/c19-14-8-12-4-3-7-22-18(12)13(9-14)10-21-11-17(23)15-5-1-2-6-16(15)20/h1-9,17,21,23H,10-11H2. The smallest absolute Gasteiger partial charge is 0.129 e. The van der Waals surface area contributed by atoms with Crippen LogP contribution in [0.3, 0.4) is 0 Å². The van der Waals surface area contributed by atoms with Gasteiger partial charge in [-0.3, -0.25) is 4.98 Å². The highest BCUT2D eigenvalue weighted by molar-refractivity contribution is 6.31. The van der Waals surface area contributed by atoms with E-state index < -0.39 is 11.9 Å². The summed E-state index contributed by atoms with van der Waals surface area (Å²) in [5.41, 5.74) is 2.09. The van der Waals surface area contributed by atoms with Crippen LogP contribution in [0.4, 0.5) is 4.39 Å². The van der Waals surface area contributed by atoms with E-state index in [2.05, 4.69) is 10.3 Å². The molecular weight excluding hydrogens is 315 g/mol. The van der Waals surface area contributed by atoms with E-state index in [0.717, 1.165) is 16.5 Å². The third-order valence-corrected chi connectivity index (χ3v) is 3.88. The molecule has 0 spiro atoms. The van der Waals surface area contributed by atoms with Gasteiger partial charge in [-0.05, 0) is 29.8 Å². The highest BCUT2D eigenvalue weighted by Gasteiger charge is 2.12. The molecule has 23 heavy (non-hydrogen) atoms. The van der Waals surface area contributed by atoms with Crippen LogP contribution in [0.25, 0.3) is 10.9 Å². The van der Waals surface area contributed by atoms with Crippen LogP contribution in [0.15, 0.2) is 54.7 Å². The van der Waals surface area contributed by atoms with Gasteiger partial charge >= 0.3 is 0 Å². The van der Waals surface area contributed by atoms with Crippen LogP contribution in [0.1, 0.15) is 17.2 Å². The minimum Gasteiger partial charge on any atom is -0.387 e. The summed E-state index contributed by atoms with van der Waals surface area (Å²) in [6.45, 7) is 0.724. The Morgan fingerprint density at radius 3 is 2.83 bits per heavy atom. The minimum absolute atomic E-state index is 0.238. The quantitative estimate of drug-likeness (QED) is 0.747. The van der Waals surface area contributed by atoms with Crippen molar-refractivity contribution in [1.29, 1.82) is 0 Å². The second-order valence-corrected chi connectivity index (χ2v) is 5.74. The Bertz CT molecular complexity index is 825. The second-order valence-electron chi connectivity index (χ2n) is 5.31. The summed E-state index contributed by atoms with van der Waals surface area (Å²) in [7, 11) is 0. The summed E-state index contributed by atoms with van der Waals surface area (Å²) in [5, 5.41) is 14.8. The van der Waals surface area contributed by atoms with Crippen molar-refractivity contribution >= 4 is 22.5 Å². The van der Waals surface area contributed by atoms with E-state index in [4.69, 9.17) is 11.6 Å². The summed E-state index contributed by atoms with van der Waals surface area (Å²) in [6, 6.07) is 13.7. The summed E-state index contributed by atoms with van der Waals surface area (Å²) in [4.78, 5) is 4.37. The van der Waals surface area contributed by atoms with Crippen molar-refractivity contribution in [2.75, 3.05) is 6.54 Å². The van der Waals surface area contributed by atoms with Crippen molar-refractivity contribution < 1.29 is 9.50 Å². The molecule has 2 aromatic carbocycles. The zero-order chi connectivity index (χ0) is 16.2. The highest BCUT2D eigenvalue weighted by atomic mass is 35.5. The summed E-state index contributed by atoms with van der Waals surface area (Å²) >= 11 is 6.13. The number of nitrogens with one attached hydrogen (secondary N) is 1. The first-order valence-electron chi connectivity index (χ1n) is 7.31. The van der Waals surface area contributed by atoms with E-state index in [1.807, 2.05) is 24.3 Å². The van der Waals surface area contributed by atoms with Crippen molar-refractivity contribution in [1.82, 2.24) is 10.3 Å². The van der Waals surface area contributed by atoms with Crippen LogP contribution in [0.5, 0.6) is 0 Å². The molecule has 118 valence electrons. The zero-order valence-electron chi connectivity index (χ0n) is 12.3. The molecule has 1 unspecified atom stereocenters. The monoisotopic (exact) mass is 330 g/mol. The fourth-order valence-electron chi connectivity index (χ4n) is 2.56. The van der Waals surface area contributed by atoms with E-state index in [1.165, 1.54) is 6.07 Å². The second kappa shape index (κ2) is 7.04. The van der Waals surface area contributed by atoms with Gasteiger partial charge in [-0.15, -0.1) is 0 Å². The number of rotatable bonds is 5. The molecule has 1 atom stereocenters. The summed E-state index contributed by atoms with van der Waals surface area (Å²) < 4.78 is 13.6. The van der Waals surface area contributed by atoms with Crippen LogP contribution < -0.4 is 5.32 Å². The van der Waals surface area contributed by atoms with Gasteiger partial charge in [0.2, 0.25) is 0 Å². The number of aliphatic hydroxyl groups excluding tert-OH is 1. The lowest BCUT2D eigenvalue weighted by Crippen LogP contribution is -2.22. The molecule has 5 heteroatoms. The SMILES string of the molecule is OC(CNCc1cc(Cl)cc2cccnc12)c1ccccc1F. The van der Waals surface area contributed by atoms with Crippen molar-refractivity contribution in [3.8, 4) is 0 Å². The molecule has 0 fully saturated rings. The molecule has 0 aliphatic carbocycles. The van der Waals surface area contributed by atoms with Gasteiger partial charge in [-0.1, -0.05) is 35.9 Å². The van der Waals surface area contributed by atoms with Crippen LogP contribution in [0.2, 0.25) is 5.02 Å². The number of aromatic nitrogens is 1. The lowest BCUT2D eigenvalue weighted by atomic mass is 10.1. The largest absolute Gasteiger partial charge is 0.387 e.